The van der Waals surface area contributed by atoms with E-state index in [-0.39, 0.29) is 5.69 Å². The zero-order chi connectivity index (χ0) is 16.7. The molecule has 0 saturated carbocycles. The Kier molecular flexibility index (Phi) is 5.80. The second kappa shape index (κ2) is 8.03. The fourth-order valence-electron chi connectivity index (χ4n) is 1.98. The van der Waals surface area contributed by atoms with Crippen molar-refractivity contribution in [1.29, 1.82) is 0 Å². The zero-order valence-corrected chi connectivity index (χ0v) is 13.2. The van der Waals surface area contributed by atoms with Crippen molar-refractivity contribution in [2.45, 2.75) is 19.8 Å². The van der Waals surface area contributed by atoms with Crippen LogP contribution in [0.1, 0.15) is 30.3 Å². The molecule has 2 aromatic rings. The molecule has 0 bridgehead atoms. The lowest BCUT2D eigenvalue weighted by molar-refractivity contribution is -0.607. The maximum absolute atomic E-state index is 12.3. The number of hydrogen-bond donors (Lipinski definition) is 1. The first-order valence-electron chi connectivity index (χ1n) is 7.46. The molecule has 1 aromatic heterocycles. The van der Waals surface area contributed by atoms with E-state index in [9.17, 15) is 10.0 Å². The molecular weight excluding hydrogens is 296 g/mol. The molecule has 6 nitrogen and oxygen atoms in total. The highest BCUT2D eigenvalue weighted by atomic mass is 16.5. The van der Waals surface area contributed by atoms with E-state index in [1.807, 2.05) is 0 Å². The molecule has 0 atom stereocenters. The van der Waals surface area contributed by atoms with E-state index >= 15 is 0 Å². The van der Waals surface area contributed by atoms with Gasteiger partial charge in [0, 0.05) is 18.2 Å². The molecule has 0 unspecified atom stereocenters. The number of hydrogen-bond acceptors (Lipinski definition) is 4. The van der Waals surface area contributed by atoms with Crippen LogP contribution in [-0.2, 0) is 0 Å². The second-order valence-electron chi connectivity index (χ2n) is 4.93. The normalized spacial score (nSPS) is 10.2. The average Bonchev–Trinajstić information content (AvgIpc) is 2.56. The second-order valence-corrected chi connectivity index (χ2v) is 4.93. The molecule has 1 aromatic carbocycles. The van der Waals surface area contributed by atoms with E-state index in [0.29, 0.717) is 28.5 Å². The Labute approximate surface area is 135 Å². The number of unbranched alkanes of at least 4 members (excludes halogenated alkanes) is 1. The number of anilines is 1. The molecule has 1 N–H and O–H groups in total. The van der Waals surface area contributed by atoms with Crippen molar-refractivity contribution in [2.75, 3.05) is 19.0 Å². The summed E-state index contributed by atoms with van der Waals surface area (Å²) in [5.41, 5.74) is 0.476. The quantitative estimate of drug-likeness (QED) is 0.484. The third kappa shape index (κ3) is 4.35. The molecule has 6 heteroatoms. The number of ether oxygens (including phenoxy) is 2. The van der Waals surface area contributed by atoms with Crippen molar-refractivity contribution >= 4 is 11.6 Å². The number of aromatic nitrogens is 1. The molecule has 1 amide bonds. The molecule has 0 aliphatic rings. The number of benzene rings is 1. The van der Waals surface area contributed by atoms with Gasteiger partial charge in [0.25, 0.3) is 5.69 Å². The van der Waals surface area contributed by atoms with E-state index in [4.69, 9.17) is 9.47 Å². The zero-order valence-electron chi connectivity index (χ0n) is 13.2. The van der Waals surface area contributed by atoms with E-state index in [1.54, 1.807) is 37.4 Å². The minimum Gasteiger partial charge on any atom is -0.618 e. The highest BCUT2D eigenvalue weighted by Gasteiger charge is 2.17. The standard InChI is InChI=1S/C17H20N2O4/c1-3-4-11-23-16-9-8-13(22-2)12-14(16)18-17(20)15-7-5-6-10-19(15)21/h5-10,12H,3-4,11H2,1-2H3,(H,18,20). The van der Waals surface area contributed by atoms with Gasteiger partial charge in [-0.15, -0.1) is 0 Å². The van der Waals surface area contributed by atoms with E-state index in [1.165, 1.54) is 12.3 Å². The maximum atomic E-state index is 12.3. The Morgan fingerprint density at radius 3 is 2.83 bits per heavy atom. The Bertz CT molecular complexity index is 673. The monoisotopic (exact) mass is 316 g/mol. The van der Waals surface area contributed by atoms with Crippen molar-refractivity contribution in [3.63, 3.8) is 0 Å². The highest BCUT2D eigenvalue weighted by molar-refractivity contribution is 6.02. The number of nitrogens with zero attached hydrogens (tertiary/aromatic N) is 1. The maximum Gasteiger partial charge on any atom is 0.321 e. The Hall–Kier alpha value is -2.76. The molecule has 122 valence electrons. The minimum atomic E-state index is -0.505. The van der Waals surface area contributed by atoms with Gasteiger partial charge < -0.3 is 20.0 Å². The summed E-state index contributed by atoms with van der Waals surface area (Å²) in [5, 5.41) is 14.4. The van der Waals surface area contributed by atoms with Gasteiger partial charge in [-0.1, -0.05) is 13.3 Å². The summed E-state index contributed by atoms with van der Waals surface area (Å²) in [6, 6.07) is 9.81. The SMILES string of the molecule is CCCCOc1ccc(OC)cc1NC(=O)c1cccc[n+]1[O-]. The lowest BCUT2D eigenvalue weighted by Crippen LogP contribution is -2.36. The van der Waals surface area contributed by atoms with Gasteiger partial charge in [-0.2, -0.15) is 4.73 Å². The fraction of sp³-hybridized carbons (Fsp3) is 0.294. The van der Waals surface area contributed by atoms with Crippen molar-refractivity contribution in [3.8, 4) is 11.5 Å². The first kappa shape index (κ1) is 16.6. The number of amides is 1. The number of methoxy groups -OCH3 is 1. The molecule has 0 spiro atoms. The van der Waals surface area contributed by atoms with Gasteiger partial charge in [0.1, 0.15) is 11.5 Å². The Balaban J connectivity index is 2.22. The number of carbonyl (C=O) groups excluding carboxylic acids is 1. The summed E-state index contributed by atoms with van der Waals surface area (Å²) < 4.78 is 11.4. The predicted molar refractivity (Wildman–Crippen MR) is 86.8 cm³/mol. The summed E-state index contributed by atoms with van der Waals surface area (Å²) in [4.78, 5) is 12.3. The van der Waals surface area contributed by atoms with E-state index < -0.39 is 5.91 Å². The highest BCUT2D eigenvalue weighted by Crippen LogP contribution is 2.29. The summed E-state index contributed by atoms with van der Waals surface area (Å²) in [5.74, 6) is 0.626. The average molecular weight is 316 g/mol. The lowest BCUT2D eigenvalue weighted by Gasteiger charge is -2.13. The Morgan fingerprint density at radius 2 is 2.13 bits per heavy atom. The van der Waals surface area contributed by atoms with Gasteiger partial charge in [0.15, 0.2) is 6.20 Å². The van der Waals surface area contributed by atoms with Crippen molar-refractivity contribution < 1.29 is 19.0 Å². The molecule has 1 heterocycles. The number of pyridine rings is 1. The smallest absolute Gasteiger partial charge is 0.321 e. The first-order valence-corrected chi connectivity index (χ1v) is 7.46. The number of carbonyl (C=O) groups is 1. The summed E-state index contributed by atoms with van der Waals surface area (Å²) >= 11 is 0. The van der Waals surface area contributed by atoms with Crippen LogP contribution in [0.15, 0.2) is 42.6 Å². The van der Waals surface area contributed by atoms with Crippen LogP contribution in [0.25, 0.3) is 0 Å². The minimum absolute atomic E-state index is 0.00910. The summed E-state index contributed by atoms with van der Waals surface area (Å²) in [7, 11) is 1.54. The van der Waals surface area contributed by atoms with Crippen LogP contribution in [-0.4, -0.2) is 19.6 Å². The van der Waals surface area contributed by atoms with Crippen LogP contribution < -0.4 is 19.5 Å². The summed E-state index contributed by atoms with van der Waals surface area (Å²) in [6.07, 6.45) is 3.20. The molecule has 0 aliphatic heterocycles. The summed E-state index contributed by atoms with van der Waals surface area (Å²) in [6.45, 7) is 2.63. The predicted octanol–water partition coefficient (Wildman–Crippen LogP) is 2.76. The van der Waals surface area contributed by atoms with E-state index in [2.05, 4.69) is 12.2 Å². The molecule has 0 saturated heterocycles. The van der Waals surface area contributed by atoms with Gasteiger partial charge >= 0.3 is 5.91 Å². The van der Waals surface area contributed by atoms with Gasteiger partial charge in [0.05, 0.1) is 19.4 Å². The van der Waals surface area contributed by atoms with Crippen LogP contribution in [0, 0.1) is 5.21 Å². The van der Waals surface area contributed by atoms with Gasteiger partial charge in [0.2, 0.25) is 0 Å². The van der Waals surface area contributed by atoms with E-state index in [0.717, 1.165) is 12.8 Å². The van der Waals surface area contributed by atoms with Crippen LogP contribution in [0.5, 0.6) is 11.5 Å². The third-order valence-electron chi connectivity index (χ3n) is 3.25. The van der Waals surface area contributed by atoms with Crippen molar-refractivity contribution in [2.24, 2.45) is 0 Å². The molecule has 0 radical (unpaired) electrons. The van der Waals surface area contributed by atoms with Gasteiger partial charge in [-0.3, -0.25) is 4.79 Å². The van der Waals surface area contributed by atoms with Crippen molar-refractivity contribution in [1.82, 2.24) is 0 Å². The van der Waals surface area contributed by atoms with Crippen LogP contribution in [0.2, 0.25) is 0 Å². The van der Waals surface area contributed by atoms with Crippen LogP contribution in [0.4, 0.5) is 5.69 Å². The molecule has 23 heavy (non-hydrogen) atoms. The number of nitrogens with one attached hydrogen (secondary N) is 1. The molecule has 0 aliphatic carbocycles. The molecular formula is C17H20N2O4. The largest absolute Gasteiger partial charge is 0.618 e. The third-order valence-corrected chi connectivity index (χ3v) is 3.25. The van der Waals surface area contributed by atoms with Gasteiger partial charge in [-0.25, -0.2) is 0 Å². The van der Waals surface area contributed by atoms with Crippen molar-refractivity contribution in [3.05, 3.63) is 53.5 Å². The fourth-order valence-corrected chi connectivity index (χ4v) is 1.98. The van der Waals surface area contributed by atoms with Gasteiger partial charge in [-0.05, 0) is 24.6 Å². The molecule has 0 fully saturated rings. The topological polar surface area (TPSA) is 74.5 Å². The first-order chi connectivity index (χ1) is 11.2. The molecule has 2 rings (SSSR count). The van der Waals surface area contributed by atoms with Crippen LogP contribution >= 0.6 is 0 Å². The number of rotatable bonds is 7. The van der Waals surface area contributed by atoms with Crippen LogP contribution in [0.3, 0.4) is 0 Å². The lowest BCUT2D eigenvalue weighted by atomic mass is 10.2. The Morgan fingerprint density at radius 1 is 1.30 bits per heavy atom.